The second kappa shape index (κ2) is 7.98. The van der Waals surface area contributed by atoms with Gasteiger partial charge in [0.2, 0.25) is 0 Å². The molecule has 0 saturated heterocycles. The summed E-state index contributed by atoms with van der Waals surface area (Å²) in [5, 5.41) is 0.247. The third kappa shape index (κ3) is 4.40. The summed E-state index contributed by atoms with van der Waals surface area (Å²) in [5.74, 6) is 0.283. The van der Waals surface area contributed by atoms with E-state index in [4.69, 9.17) is 25.8 Å². The minimum absolute atomic E-state index is 0.180. The van der Waals surface area contributed by atoms with Gasteiger partial charge in [0.1, 0.15) is 11.5 Å². The van der Waals surface area contributed by atoms with Crippen LogP contribution in [0.4, 0.5) is 0 Å². The van der Waals surface area contributed by atoms with Gasteiger partial charge in [-0.05, 0) is 48.6 Å². The Balaban J connectivity index is 2.00. The second-order valence-corrected chi connectivity index (χ2v) is 6.95. The molecule has 0 fully saturated rings. The normalized spacial score (nSPS) is 14.7. The summed E-state index contributed by atoms with van der Waals surface area (Å²) >= 11 is 9.52. The molecule has 1 heterocycles. The smallest absolute Gasteiger partial charge is 0.343 e. The van der Waals surface area contributed by atoms with Crippen molar-refractivity contribution in [2.45, 2.75) is 6.92 Å². The molecule has 3 rings (SSSR count). The van der Waals surface area contributed by atoms with Gasteiger partial charge >= 0.3 is 11.9 Å². The Bertz CT molecular complexity index is 977. The molecule has 27 heavy (non-hydrogen) atoms. The first kappa shape index (κ1) is 19.2. The van der Waals surface area contributed by atoms with Crippen molar-refractivity contribution in [2.75, 3.05) is 7.11 Å². The van der Waals surface area contributed by atoms with E-state index in [0.717, 1.165) is 5.56 Å². The van der Waals surface area contributed by atoms with Gasteiger partial charge in [0.05, 0.1) is 17.7 Å². The first-order valence-corrected chi connectivity index (χ1v) is 9.02. The van der Waals surface area contributed by atoms with Crippen LogP contribution in [-0.2, 0) is 14.3 Å². The molecule has 0 aromatic heterocycles. The SMILES string of the molecule is COc1ccc(C2=C/C(=C/c3cc(Br)cc(Cl)c3OC(C)=O)C(=O)O2)cc1. The number of halogens is 2. The average molecular weight is 450 g/mol. The van der Waals surface area contributed by atoms with Crippen LogP contribution in [0.25, 0.3) is 11.8 Å². The van der Waals surface area contributed by atoms with Gasteiger partial charge in [-0.15, -0.1) is 0 Å². The lowest BCUT2D eigenvalue weighted by Crippen LogP contribution is -2.04. The number of cyclic esters (lactones) is 1. The van der Waals surface area contributed by atoms with Gasteiger partial charge in [-0.2, -0.15) is 0 Å². The maximum Gasteiger partial charge on any atom is 0.343 e. The van der Waals surface area contributed by atoms with Crippen LogP contribution in [0.2, 0.25) is 5.02 Å². The number of ether oxygens (including phenoxy) is 3. The third-order valence-corrected chi connectivity index (χ3v) is 4.43. The van der Waals surface area contributed by atoms with Crippen LogP contribution < -0.4 is 9.47 Å². The topological polar surface area (TPSA) is 61.8 Å². The van der Waals surface area contributed by atoms with Gasteiger partial charge in [-0.1, -0.05) is 27.5 Å². The molecule has 0 saturated carbocycles. The van der Waals surface area contributed by atoms with Crippen LogP contribution in [0, 0.1) is 0 Å². The van der Waals surface area contributed by atoms with Crippen molar-refractivity contribution in [1.82, 2.24) is 0 Å². The molecule has 1 aliphatic heterocycles. The number of carbonyl (C=O) groups excluding carboxylic acids is 2. The van der Waals surface area contributed by atoms with Gasteiger partial charge in [0.25, 0.3) is 0 Å². The van der Waals surface area contributed by atoms with E-state index < -0.39 is 11.9 Å². The molecule has 0 N–H and O–H groups in total. The van der Waals surface area contributed by atoms with E-state index in [0.29, 0.717) is 27.1 Å². The van der Waals surface area contributed by atoms with E-state index >= 15 is 0 Å². The Kier molecular flexibility index (Phi) is 5.68. The van der Waals surface area contributed by atoms with Crippen LogP contribution in [-0.4, -0.2) is 19.0 Å². The van der Waals surface area contributed by atoms with E-state index in [1.165, 1.54) is 6.92 Å². The van der Waals surface area contributed by atoms with Crippen LogP contribution in [0.15, 0.2) is 52.5 Å². The zero-order valence-electron chi connectivity index (χ0n) is 14.4. The fraction of sp³-hybridized carbons (Fsp3) is 0.100. The first-order valence-electron chi connectivity index (χ1n) is 7.85. The maximum absolute atomic E-state index is 12.3. The summed E-state index contributed by atoms with van der Waals surface area (Å²) in [5.41, 5.74) is 1.52. The van der Waals surface area contributed by atoms with Crippen LogP contribution in [0.3, 0.4) is 0 Å². The molecule has 0 spiro atoms. The zero-order chi connectivity index (χ0) is 19.6. The van der Waals surface area contributed by atoms with Crippen LogP contribution >= 0.6 is 27.5 Å². The quantitative estimate of drug-likeness (QED) is 0.373. The highest BCUT2D eigenvalue weighted by Crippen LogP contribution is 2.36. The van der Waals surface area contributed by atoms with Crippen molar-refractivity contribution in [2.24, 2.45) is 0 Å². The molecule has 7 heteroatoms. The molecule has 0 unspecified atom stereocenters. The Morgan fingerprint density at radius 3 is 2.56 bits per heavy atom. The fourth-order valence-corrected chi connectivity index (χ4v) is 3.37. The lowest BCUT2D eigenvalue weighted by molar-refractivity contribution is -0.132. The molecule has 0 atom stereocenters. The summed E-state index contributed by atoms with van der Waals surface area (Å²) in [6.07, 6.45) is 3.18. The number of hydrogen-bond donors (Lipinski definition) is 0. The largest absolute Gasteiger partial charge is 0.497 e. The molecule has 0 bridgehead atoms. The van der Waals surface area contributed by atoms with Crippen LogP contribution in [0.1, 0.15) is 18.1 Å². The minimum Gasteiger partial charge on any atom is -0.497 e. The molecular weight excluding hydrogens is 436 g/mol. The summed E-state index contributed by atoms with van der Waals surface area (Å²) in [6, 6.07) is 10.4. The van der Waals surface area contributed by atoms with E-state index in [9.17, 15) is 9.59 Å². The highest BCUT2D eigenvalue weighted by atomic mass is 79.9. The lowest BCUT2D eigenvalue weighted by Gasteiger charge is -2.09. The number of carbonyl (C=O) groups is 2. The van der Waals surface area contributed by atoms with E-state index in [-0.39, 0.29) is 10.8 Å². The Hall–Kier alpha value is -2.57. The molecule has 2 aromatic rings. The monoisotopic (exact) mass is 448 g/mol. The predicted molar refractivity (Wildman–Crippen MR) is 106 cm³/mol. The minimum atomic E-state index is -0.512. The summed E-state index contributed by atoms with van der Waals surface area (Å²) < 4.78 is 16.3. The summed E-state index contributed by atoms with van der Waals surface area (Å²) in [6.45, 7) is 1.28. The number of methoxy groups -OCH3 is 1. The van der Waals surface area contributed by atoms with Crippen molar-refractivity contribution in [3.63, 3.8) is 0 Å². The van der Waals surface area contributed by atoms with Crippen molar-refractivity contribution >= 4 is 51.3 Å². The number of rotatable bonds is 4. The van der Waals surface area contributed by atoms with Gasteiger partial charge in [-0.25, -0.2) is 4.79 Å². The average Bonchev–Trinajstić information content (AvgIpc) is 2.98. The Labute approximate surface area is 169 Å². The van der Waals surface area contributed by atoms with Gasteiger partial charge < -0.3 is 14.2 Å². The van der Waals surface area contributed by atoms with Gasteiger partial charge in [0.15, 0.2) is 5.75 Å². The van der Waals surface area contributed by atoms with Crippen molar-refractivity contribution in [3.8, 4) is 11.5 Å². The molecule has 1 aliphatic rings. The number of benzene rings is 2. The van der Waals surface area contributed by atoms with E-state index in [1.807, 2.05) is 0 Å². The molecule has 0 radical (unpaired) electrons. The van der Waals surface area contributed by atoms with Gasteiger partial charge in [0, 0.05) is 22.5 Å². The third-order valence-electron chi connectivity index (χ3n) is 3.69. The van der Waals surface area contributed by atoms with Crippen molar-refractivity contribution in [3.05, 3.63) is 68.7 Å². The van der Waals surface area contributed by atoms with E-state index in [2.05, 4.69) is 15.9 Å². The number of hydrogen-bond acceptors (Lipinski definition) is 5. The zero-order valence-corrected chi connectivity index (χ0v) is 16.8. The van der Waals surface area contributed by atoms with Crippen LogP contribution in [0.5, 0.6) is 11.5 Å². The molecule has 2 aromatic carbocycles. The molecular formula is C20H14BrClO5. The number of esters is 2. The molecule has 0 amide bonds. The first-order chi connectivity index (χ1) is 12.9. The summed E-state index contributed by atoms with van der Waals surface area (Å²) in [4.78, 5) is 23.6. The lowest BCUT2D eigenvalue weighted by atomic mass is 10.1. The highest BCUT2D eigenvalue weighted by molar-refractivity contribution is 9.10. The standard InChI is InChI=1S/C20H14BrClO5/c1-11(23)26-19-13(8-15(21)10-17(19)22)7-14-9-18(27-20(14)24)12-3-5-16(25-2)6-4-12/h3-10H,1-2H3/b14-7-. The maximum atomic E-state index is 12.3. The second-order valence-electron chi connectivity index (χ2n) is 5.63. The van der Waals surface area contributed by atoms with Gasteiger partial charge in [-0.3, -0.25) is 4.79 Å². The molecule has 0 aliphatic carbocycles. The molecule has 138 valence electrons. The van der Waals surface area contributed by atoms with E-state index in [1.54, 1.807) is 55.7 Å². The highest BCUT2D eigenvalue weighted by Gasteiger charge is 2.23. The Morgan fingerprint density at radius 1 is 1.22 bits per heavy atom. The summed E-state index contributed by atoms with van der Waals surface area (Å²) in [7, 11) is 1.58. The fourth-order valence-electron chi connectivity index (χ4n) is 2.49. The molecule has 5 nitrogen and oxygen atoms in total. The van der Waals surface area contributed by atoms with Crippen molar-refractivity contribution < 1.29 is 23.8 Å². The van der Waals surface area contributed by atoms with Crippen molar-refractivity contribution in [1.29, 1.82) is 0 Å². The predicted octanol–water partition coefficient (Wildman–Crippen LogP) is 5.02. The Morgan fingerprint density at radius 2 is 1.93 bits per heavy atom.